The molecule has 0 saturated heterocycles. The number of nitrogens with two attached hydrogens (primary N) is 1. The number of thiocarbonyl (C=S) groups is 1. The van der Waals surface area contributed by atoms with E-state index in [0.29, 0.717) is 28.0 Å². The summed E-state index contributed by atoms with van der Waals surface area (Å²) in [5, 5.41) is 0. The second-order valence-electron chi connectivity index (χ2n) is 6.40. The van der Waals surface area contributed by atoms with Gasteiger partial charge in [-0.05, 0) is 34.1 Å². The molecule has 0 radical (unpaired) electrons. The standard InChI is InChI=1S/C15H30BrNOSSi/c1-10(2)20(11(3)4,12(5)6)18-14(8-13(7)16)9-15(17)19/h8,10-12,14H,9H2,1-7H3,(H2,17,19)/b13-8+/t14-/m0/s1. The Morgan fingerprint density at radius 3 is 1.80 bits per heavy atom. The lowest BCUT2D eigenvalue weighted by Crippen LogP contribution is -2.50. The van der Waals surface area contributed by atoms with Crippen molar-refractivity contribution in [1.29, 1.82) is 0 Å². The lowest BCUT2D eigenvalue weighted by molar-refractivity contribution is 0.223. The van der Waals surface area contributed by atoms with Gasteiger partial charge in [0.05, 0.1) is 11.1 Å². The van der Waals surface area contributed by atoms with E-state index in [1.165, 1.54) is 0 Å². The van der Waals surface area contributed by atoms with Crippen molar-refractivity contribution in [2.75, 3.05) is 0 Å². The van der Waals surface area contributed by atoms with Crippen LogP contribution >= 0.6 is 28.1 Å². The Balaban J connectivity index is 5.47. The van der Waals surface area contributed by atoms with Gasteiger partial charge in [0, 0.05) is 6.42 Å². The molecule has 0 aliphatic rings. The average molecular weight is 380 g/mol. The minimum Gasteiger partial charge on any atom is -0.409 e. The molecule has 2 nitrogen and oxygen atoms in total. The summed E-state index contributed by atoms with van der Waals surface area (Å²) in [6.45, 7) is 15.7. The van der Waals surface area contributed by atoms with E-state index in [2.05, 4.69) is 63.5 Å². The van der Waals surface area contributed by atoms with Crippen molar-refractivity contribution in [1.82, 2.24) is 0 Å². The monoisotopic (exact) mass is 379 g/mol. The zero-order chi connectivity index (χ0) is 16.1. The lowest BCUT2D eigenvalue weighted by Gasteiger charge is -2.44. The van der Waals surface area contributed by atoms with Gasteiger partial charge in [-0.2, -0.15) is 0 Å². The van der Waals surface area contributed by atoms with Crippen molar-refractivity contribution in [3.05, 3.63) is 10.6 Å². The third-order valence-electron chi connectivity index (χ3n) is 3.88. The smallest absolute Gasteiger partial charge is 0.201 e. The first kappa shape index (κ1) is 20.3. The fourth-order valence-corrected chi connectivity index (χ4v) is 9.21. The van der Waals surface area contributed by atoms with E-state index in [-0.39, 0.29) is 6.10 Å². The zero-order valence-corrected chi connectivity index (χ0v) is 17.3. The number of allylic oxidation sites excluding steroid dienone is 1. The summed E-state index contributed by atoms with van der Waals surface area (Å²) >= 11 is 8.58. The molecule has 1 atom stereocenters. The molecule has 0 unspecified atom stereocenters. The Morgan fingerprint density at radius 2 is 1.55 bits per heavy atom. The number of hydrogen-bond acceptors (Lipinski definition) is 2. The molecule has 5 heteroatoms. The highest BCUT2D eigenvalue weighted by molar-refractivity contribution is 9.11. The van der Waals surface area contributed by atoms with Crippen LogP contribution in [0.3, 0.4) is 0 Å². The summed E-state index contributed by atoms with van der Waals surface area (Å²) in [6.07, 6.45) is 2.68. The molecule has 0 spiro atoms. The minimum absolute atomic E-state index is 0.0225. The van der Waals surface area contributed by atoms with Crippen LogP contribution in [0.1, 0.15) is 54.9 Å². The molecule has 0 saturated carbocycles. The molecular formula is C15H30BrNOSSi. The Labute approximate surface area is 139 Å². The molecule has 0 aromatic rings. The predicted octanol–water partition coefficient (Wildman–Crippen LogP) is 5.52. The van der Waals surface area contributed by atoms with Crippen molar-refractivity contribution in [2.45, 2.75) is 77.6 Å². The van der Waals surface area contributed by atoms with E-state index in [0.717, 1.165) is 4.48 Å². The molecule has 0 fully saturated rings. The summed E-state index contributed by atoms with van der Waals surface area (Å²) in [5.74, 6) is 0. The molecule has 0 heterocycles. The molecule has 0 aliphatic carbocycles. The van der Waals surface area contributed by atoms with Crippen molar-refractivity contribution in [3.63, 3.8) is 0 Å². The molecular weight excluding hydrogens is 350 g/mol. The van der Waals surface area contributed by atoms with Crippen molar-refractivity contribution in [2.24, 2.45) is 5.73 Å². The van der Waals surface area contributed by atoms with Gasteiger partial charge in [0.15, 0.2) is 0 Å². The van der Waals surface area contributed by atoms with Crippen LogP contribution in [0.15, 0.2) is 10.6 Å². The molecule has 2 N–H and O–H groups in total. The van der Waals surface area contributed by atoms with Crippen molar-refractivity contribution >= 4 is 41.5 Å². The SMILES string of the molecule is C/C(Br)=C\[C@@H](CC(N)=S)O[Si](C(C)C)(C(C)C)C(C)C. The first-order chi connectivity index (χ1) is 9.03. The highest BCUT2D eigenvalue weighted by atomic mass is 79.9. The molecule has 0 aliphatic heterocycles. The van der Waals surface area contributed by atoms with Crippen LogP contribution in [-0.2, 0) is 4.43 Å². The maximum Gasteiger partial charge on any atom is 0.201 e. The Kier molecular flexibility index (Phi) is 8.79. The summed E-state index contributed by atoms with van der Waals surface area (Å²) in [5.41, 5.74) is 7.41. The minimum atomic E-state index is -1.90. The van der Waals surface area contributed by atoms with E-state index in [1.54, 1.807) is 0 Å². The number of halogens is 1. The maximum atomic E-state index is 6.71. The predicted molar refractivity (Wildman–Crippen MR) is 100 cm³/mol. The third kappa shape index (κ3) is 5.58. The Hall–Kier alpha value is 0.287. The fourth-order valence-electron chi connectivity index (χ4n) is 3.26. The lowest BCUT2D eigenvalue weighted by atomic mass is 10.2. The zero-order valence-electron chi connectivity index (χ0n) is 13.9. The first-order valence-electron chi connectivity index (χ1n) is 7.34. The highest BCUT2D eigenvalue weighted by Gasteiger charge is 2.46. The van der Waals surface area contributed by atoms with Crippen LogP contribution in [0.2, 0.25) is 16.6 Å². The molecule has 20 heavy (non-hydrogen) atoms. The quantitative estimate of drug-likeness (QED) is 0.445. The van der Waals surface area contributed by atoms with E-state index < -0.39 is 8.32 Å². The largest absolute Gasteiger partial charge is 0.409 e. The van der Waals surface area contributed by atoms with Gasteiger partial charge < -0.3 is 10.2 Å². The van der Waals surface area contributed by atoms with E-state index in [4.69, 9.17) is 22.4 Å². The summed E-state index contributed by atoms with van der Waals surface area (Å²) in [7, 11) is -1.90. The summed E-state index contributed by atoms with van der Waals surface area (Å²) < 4.78 is 7.78. The van der Waals surface area contributed by atoms with Crippen LogP contribution in [0.4, 0.5) is 0 Å². The molecule has 0 aromatic heterocycles. The van der Waals surface area contributed by atoms with Crippen LogP contribution in [-0.4, -0.2) is 19.4 Å². The Bertz CT molecular complexity index is 330. The molecule has 0 aromatic carbocycles. The van der Waals surface area contributed by atoms with Gasteiger partial charge in [-0.25, -0.2) is 0 Å². The molecule has 0 rings (SSSR count). The van der Waals surface area contributed by atoms with Gasteiger partial charge in [0.1, 0.15) is 0 Å². The number of hydrogen-bond donors (Lipinski definition) is 1. The topological polar surface area (TPSA) is 35.2 Å². The molecule has 118 valence electrons. The molecule has 0 amide bonds. The van der Waals surface area contributed by atoms with Gasteiger partial charge in [0.25, 0.3) is 0 Å². The van der Waals surface area contributed by atoms with Gasteiger partial charge in [-0.3, -0.25) is 0 Å². The number of rotatable bonds is 8. The van der Waals surface area contributed by atoms with Crippen LogP contribution in [0, 0.1) is 0 Å². The van der Waals surface area contributed by atoms with Crippen LogP contribution < -0.4 is 5.73 Å². The van der Waals surface area contributed by atoms with E-state index in [1.807, 2.05) is 6.92 Å². The van der Waals surface area contributed by atoms with Crippen molar-refractivity contribution in [3.8, 4) is 0 Å². The van der Waals surface area contributed by atoms with E-state index >= 15 is 0 Å². The van der Waals surface area contributed by atoms with Gasteiger partial charge in [0.2, 0.25) is 8.32 Å². The van der Waals surface area contributed by atoms with Crippen LogP contribution in [0.25, 0.3) is 0 Å². The third-order valence-corrected chi connectivity index (χ3v) is 10.4. The average Bonchev–Trinajstić information content (AvgIpc) is 2.21. The summed E-state index contributed by atoms with van der Waals surface area (Å²) in [4.78, 5) is 0.513. The molecule has 0 bridgehead atoms. The van der Waals surface area contributed by atoms with Gasteiger partial charge >= 0.3 is 0 Å². The second kappa shape index (κ2) is 8.66. The Morgan fingerprint density at radius 1 is 1.15 bits per heavy atom. The van der Waals surface area contributed by atoms with Gasteiger partial charge in [-0.1, -0.05) is 69.7 Å². The van der Waals surface area contributed by atoms with E-state index in [9.17, 15) is 0 Å². The van der Waals surface area contributed by atoms with Crippen LogP contribution in [0.5, 0.6) is 0 Å². The second-order valence-corrected chi connectivity index (χ2v) is 13.6. The highest BCUT2D eigenvalue weighted by Crippen LogP contribution is 2.43. The summed E-state index contributed by atoms with van der Waals surface area (Å²) in [6, 6.07) is 0. The van der Waals surface area contributed by atoms with Gasteiger partial charge in [-0.15, -0.1) is 0 Å². The first-order valence-corrected chi connectivity index (χ1v) is 10.7. The van der Waals surface area contributed by atoms with Crippen molar-refractivity contribution < 1.29 is 4.43 Å². The maximum absolute atomic E-state index is 6.71. The normalized spacial score (nSPS) is 15.2. The fraction of sp³-hybridized carbons (Fsp3) is 0.800.